The van der Waals surface area contributed by atoms with Gasteiger partial charge in [0.05, 0.1) is 92.1 Å². The first kappa shape index (κ1) is 27.2. The van der Waals surface area contributed by atoms with Crippen molar-refractivity contribution in [1.29, 1.82) is 5.26 Å². The predicted octanol–water partition coefficient (Wildman–Crippen LogP) is 17.2. The third kappa shape index (κ3) is 6.38. The summed E-state index contributed by atoms with van der Waals surface area (Å²) >= 11 is 0. The number of hydrogen-bond acceptors (Lipinski definition) is 4. The van der Waals surface area contributed by atoms with Crippen molar-refractivity contribution >= 4 is 123 Å². The standard InChI is InChI=1S/C71H62BN5O/c1-68(2,3)41-23-28-54-48(33-41)49-34-42(69(4,5)6)24-29-55(49)74(54)45-26-27-52-59(38-45)75(58-21-15-18-47-46-17-13-14-22-63(46)78-67(47)58)60-31-40(39-73)32-61-64(60)72(52)53-19-16-20-57-66(53)77(61)62-37-44(71(10,11)12)36-51-50-35-43(70(7,8)9)25-30-56(50)76(57)65(51)62/h13-38H,1-12H3/i13D,14D,15D,16D,17D,18D,19D,20D,21D,22D,23D,24D,25D,26D,27D,28D,29D,30D,31D,32D,33D,34D,35D,36D,37D,38D. The van der Waals surface area contributed by atoms with Gasteiger partial charge in [-0.2, -0.15) is 5.26 Å². The number of nitriles is 1. The van der Waals surface area contributed by atoms with E-state index in [1.165, 1.54) is 9.47 Å². The molecular formula is C71H62BN5O. The molecule has 0 bridgehead atoms. The number of rotatable bonds is 2. The molecule has 12 aromatic rings. The molecule has 0 spiro atoms. The van der Waals surface area contributed by atoms with E-state index in [9.17, 15) is 36.8 Å². The van der Waals surface area contributed by atoms with Crippen LogP contribution in [0.3, 0.4) is 0 Å². The van der Waals surface area contributed by atoms with Gasteiger partial charge >= 0.3 is 0 Å². The molecule has 9 aromatic carbocycles. The van der Waals surface area contributed by atoms with Gasteiger partial charge in [0.1, 0.15) is 5.58 Å². The second-order valence-electron chi connectivity index (χ2n) is 24.4. The second-order valence-corrected chi connectivity index (χ2v) is 24.4. The molecule has 3 aliphatic heterocycles. The zero-order chi connectivity index (χ0) is 76.5. The molecule has 0 aliphatic carbocycles. The molecule has 380 valence electrons. The molecule has 3 aromatic heterocycles. The normalized spacial score (nSPS) is 18.7. The maximum Gasteiger partial charge on any atom is 0.252 e. The van der Waals surface area contributed by atoms with Gasteiger partial charge in [0.25, 0.3) is 6.71 Å². The van der Waals surface area contributed by atoms with Crippen molar-refractivity contribution in [1.82, 2.24) is 9.13 Å². The van der Waals surface area contributed by atoms with E-state index in [1.807, 2.05) is 6.07 Å². The highest BCUT2D eigenvalue weighted by Gasteiger charge is 2.47. The van der Waals surface area contributed by atoms with Gasteiger partial charge in [-0.15, -0.1) is 0 Å². The van der Waals surface area contributed by atoms with Crippen LogP contribution in [-0.4, -0.2) is 15.8 Å². The van der Waals surface area contributed by atoms with Crippen molar-refractivity contribution in [2.75, 3.05) is 9.80 Å². The summed E-state index contributed by atoms with van der Waals surface area (Å²) < 4.78 is 269. The molecule has 0 N–H and O–H groups in total. The first-order valence-electron chi connectivity index (χ1n) is 38.7. The monoisotopic (exact) mass is 1040 g/mol. The van der Waals surface area contributed by atoms with E-state index in [4.69, 9.17) is 8.53 Å². The topological polar surface area (TPSA) is 53.3 Å². The number of para-hydroxylation sites is 3. The average Bonchev–Trinajstić information content (AvgIpc) is 1.19. The van der Waals surface area contributed by atoms with Crippen molar-refractivity contribution < 1.29 is 40.1 Å². The van der Waals surface area contributed by atoms with Crippen molar-refractivity contribution in [3.63, 3.8) is 0 Å². The van der Waals surface area contributed by atoms with Gasteiger partial charge in [0.2, 0.25) is 0 Å². The SMILES string of the molecule is [2H]c1c([2H])c2c3c(c1[2H])-n1c4c([2H])c([2H])c(C(C)(C)C)c([2H])c4c4c([2H])c(C(C)(C)C)c([2H])c(c41)N3c1c([2H])c(C#N)c([2H])c3c1B2c1c([2H])c([2H])c(-n2c4c([2H])c([2H])c(C(C)(C)C)c([2H])c4c4c([2H])c(C(C)(C)C)c([2H])c([2H])c42)c([2H])c1N3c1c([2H])c([2H])c([2H])c2c1oc1c([2H])c([2H])c([2H])c([2H])c12. The van der Waals surface area contributed by atoms with Crippen LogP contribution >= 0.6 is 0 Å². The molecule has 0 atom stereocenters. The molecule has 0 unspecified atom stereocenters. The first-order valence-corrected chi connectivity index (χ1v) is 25.7. The largest absolute Gasteiger partial charge is 0.454 e. The van der Waals surface area contributed by atoms with Crippen LogP contribution in [-0.2, 0) is 21.7 Å². The summed E-state index contributed by atoms with van der Waals surface area (Å²) in [5.74, 6) is 0. The van der Waals surface area contributed by atoms with Gasteiger partial charge in [-0.3, -0.25) is 0 Å². The van der Waals surface area contributed by atoms with Crippen LogP contribution in [0, 0.1) is 11.3 Å². The lowest BCUT2D eigenvalue weighted by molar-refractivity contribution is 0.590. The van der Waals surface area contributed by atoms with Crippen molar-refractivity contribution in [3.8, 4) is 17.4 Å². The van der Waals surface area contributed by atoms with Gasteiger partial charge in [0.15, 0.2) is 5.58 Å². The maximum atomic E-state index is 11.7. The number of nitrogens with zero attached hydrogens (tertiary/aromatic N) is 5. The lowest BCUT2D eigenvalue weighted by Crippen LogP contribution is -2.61. The van der Waals surface area contributed by atoms with E-state index in [1.54, 1.807) is 83.1 Å². The summed E-state index contributed by atoms with van der Waals surface area (Å²) in [5.41, 5.74) is -13.2. The Bertz CT molecular complexity index is 6180. The molecule has 15 rings (SSSR count). The Balaban J connectivity index is 1.25. The maximum absolute atomic E-state index is 11.7. The summed E-state index contributed by atoms with van der Waals surface area (Å²) in [7, 11) is 0. The Kier molecular flexibility index (Phi) is 5.37. The fraction of sp³-hybridized carbons (Fsp3) is 0.225. The molecule has 0 radical (unpaired) electrons. The Hall–Kier alpha value is -8.47. The molecule has 0 fully saturated rings. The smallest absolute Gasteiger partial charge is 0.252 e. The highest BCUT2D eigenvalue weighted by Crippen LogP contribution is 2.55. The van der Waals surface area contributed by atoms with Crippen LogP contribution in [0.2, 0.25) is 0 Å². The van der Waals surface area contributed by atoms with Gasteiger partial charge in [-0.05, 0) is 151 Å². The molecule has 3 aliphatic rings. The number of furan rings is 1. The van der Waals surface area contributed by atoms with Crippen LogP contribution in [0.5, 0.6) is 0 Å². The molecular weight excluding hydrogens is 950 g/mol. The van der Waals surface area contributed by atoms with E-state index in [2.05, 4.69) is 0 Å². The zero-order valence-corrected chi connectivity index (χ0v) is 44.7. The highest BCUT2D eigenvalue weighted by atomic mass is 16.3. The quantitative estimate of drug-likeness (QED) is 0.162. The molecule has 6 heterocycles. The van der Waals surface area contributed by atoms with Crippen LogP contribution in [0.4, 0.5) is 34.1 Å². The Labute approximate surface area is 493 Å². The van der Waals surface area contributed by atoms with Crippen molar-refractivity contribution in [2.45, 2.75) is 105 Å². The van der Waals surface area contributed by atoms with E-state index in [-0.39, 0.29) is 84.0 Å². The number of hydrogen-bond donors (Lipinski definition) is 0. The summed E-state index contributed by atoms with van der Waals surface area (Å²) in [6, 6.07) is -16.1. The van der Waals surface area contributed by atoms with Gasteiger partial charge in [-0.25, -0.2) is 0 Å². The molecule has 7 heteroatoms. The molecule has 0 saturated heterocycles. The van der Waals surface area contributed by atoms with Gasteiger partial charge in [-0.1, -0.05) is 150 Å². The lowest BCUT2D eigenvalue weighted by atomic mass is 9.33. The lowest BCUT2D eigenvalue weighted by Gasteiger charge is -2.46. The minimum absolute atomic E-state index is 0.0206. The molecule has 78 heavy (non-hydrogen) atoms. The van der Waals surface area contributed by atoms with Crippen molar-refractivity contribution in [2.24, 2.45) is 0 Å². The fourth-order valence-corrected chi connectivity index (χ4v) is 11.2. The van der Waals surface area contributed by atoms with Crippen LogP contribution < -0.4 is 26.2 Å². The summed E-state index contributed by atoms with van der Waals surface area (Å²) in [4.78, 5) is 2.19. The Morgan fingerprint density at radius 1 is 0.436 bits per heavy atom. The van der Waals surface area contributed by atoms with Gasteiger partial charge < -0.3 is 23.4 Å². The van der Waals surface area contributed by atoms with E-state index in [0.717, 1.165) is 9.47 Å². The van der Waals surface area contributed by atoms with E-state index < -0.39 is 257 Å². The summed E-state index contributed by atoms with van der Waals surface area (Å²) in [6.45, 7) is 18.6. The second kappa shape index (κ2) is 15.4. The minimum Gasteiger partial charge on any atom is -0.454 e. The summed E-state index contributed by atoms with van der Waals surface area (Å²) in [6.07, 6.45) is 0. The molecule has 0 amide bonds. The Morgan fingerprint density at radius 3 is 1.62 bits per heavy atom. The zero-order valence-electron chi connectivity index (χ0n) is 70.7. The Morgan fingerprint density at radius 2 is 0.987 bits per heavy atom. The highest BCUT2D eigenvalue weighted by molar-refractivity contribution is 7.00. The number of aromatic nitrogens is 2. The van der Waals surface area contributed by atoms with Gasteiger partial charge in [0, 0.05) is 55.1 Å². The van der Waals surface area contributed by atoms with Crippen LogP contribution in [0.25, 0.3) is 76.9 Å². The molecule has 0 saturated carbocycles. The number of fused-ring (bicyclic) bond motifs is 15. The minimum atomic E-state index is -2.00. The van der Waals surface area contributed by atoms with E-state index >= 15 is 0 Å². The third-order valence-electron chi connectivity index (χ3n) is 15.1. The summed E-state index contributed by atoms with van der Waals surface area (Å²) in [5, 5.41) is 10.2. The van der Waals surface area contributed by atoms with Crippen molar-refractivity contribution in [3.05, 3.63) is 185 Å². The van der Waals surface area contributed by atoms with E-state index in [0.29, 0.717) is 0 Å². The van der Waals surface area contributed by atoms with Crippen LogP contribution in [0.1, 0.15) is 147 Å². The predicted molar refractivity (Wildman–Crippen MR) is 329 cm³/mol. The number of anilines is 6. The van der Waals surface area contributed by atoms with Crippen LogP contribution in [0.15, 0.2) is 162 Å². The fourth-order valence-electron chi connectivity index (χ4n) is 11.2. The third-order valence-corrected chi connectivity index (χ3v) is 15.1. The molecule has 6 nitrogen and oxygen atoms in total. The average molecular weight is 1040 g/mol. The first-order chi connectivity index (χ1) is 48.1. The number of benzene rings is 9.